The summed E-state index contributed by atoms with van der Waals surface area (Å²) in [6.07, 6.45) is 4.64. The van der Waals surface area contributed by atoms with E-state index >= 15 is 0 Å². The van der Waals surface area contributed by atoms with Crippen molar-refractivity contribution in [3.05, 3.63) is 53.0 Å². The third kappa shape index (κ3) is 3.22. The molecule has 0 aliphatic carbocycles. The molecule has 0 atom stereocenters. The van der Waals surface area contributed by atoms with E-state index in [0.29, 0.717) is 12.3 Å². The van der Waals surface area contributed by atoms with Gasteiger partial charge in [0.05, 0.1) is 23.8 Å². The molecule has 0 N–H and O–H groups in total. The molecule has 1 amide bonds. The number of thiophene rings is 1. The molecule has 124 valence electrons. The number of aromatic nitrogens is 2. The molecule has 0 bridgehead atoms. The maximum absolute atomic E-state index is 12.4. The number of carbonyl (C=O) groups excluding carboxylic acids is 1. The zero-order valence-electron chi connectivity index (χ0n) is 13.6. The van der Waals surface area contributed by atoms with Gasteiger partial charge in [0.2, 0.25) is 5.91 Å². The summed E-state index contributed by atoms with van der Waals surface area (Å²) < 4.78 is 2.25. The van der Waals surface area contributed by atoms with E-state index in [-0.39, 0.29) is 5.91 Å². The maximum Gasteiger partial charge on any atom is 0.227 e. The van der Waals surface area contributed by atoms with Gasteiger partial charge in [0.15, 0.2) is 0 Å². The molecule has 3 aromatic rings. The van der Waals surface area contributed by atoms with Crippen molar-refractivity contribution >= 4 is 28.3 Å². The van der Waals surface area contributed by atoms with Gasteiger partial charge in [-0.1, -0.05) is 18.2 Å². The number of piperidine rings is 1. The predicted molar refractivity (Wildman–Crippen MR) is 97.1 cm³/mol. The van der Waals surface area contributed by atoms with Crippen LogP contribution in [0.25, 0.3) is 11.0 Å². The summed E-state index contributed by atoms with van der Waals surface area (Å²) in [4.78, 5) is 20.0. The fourth-order valence-corrected chi connectivity index (χ4v) is 4.17. The lowest BCUT2D eigenvalue weighted by Crippen LogP contribution is -2.40. The Hall–Kier alpha value is -2.14. The van der Waals surface area contributed by atoms with E-state index in [4.69, 9.17) is 0 Å². The molecule has 1 aliphatic rings. The van der Waals surface area contributed by atoms with Crippen LogP contribution in [0.15, 0.2) is 48.1 Å². The molecule has 0 spiro atoms. The number of likely N-dealkylation sites (tertiary alicyclic amines) is 1. The van der Waals surface area contributed by atoms with Crippen molar-refractivity contribution in [2.45, 2.75) is 25.8 Å². The van der Waals surface area contributed by atoms with E-state index in [1.165, 1.54) is 5.52 Å². The maximum atomic E-state index is 12.4. The number of fused-ring (bicyclic) bond motifs is 1. The number of carbonyl (C=O) groups is 1. The number of benzene rings is 1. The molecule has 24 heavy (non-hydrogen) atoms. The molecule has 2 aromatic heterocycles. The normalized spacial score (nSPS) is 15.9. The quantitative estimate of drug-likeness (QED) is 0.729. The molecule has 0 unspecified atom stereocenters. The lowest BCUT2D eigenvalue weighted by molar-refractivity contribution is -0.131. The second-order valence-corrected chi connectivity index (χ2v) is 7.50. The van der Waals surface area contributed by atoms with Crippen LogP contribution in [-0.2, 0) is 17.8 Å². The largest absolute Gasteiger partial charge is 0.342 e. The minimum absolute atomic E-state index is 0.268. The summed E-state index contributed by atoms with van der Waals surface area (Å²) in [6.45, 7) is 2.75. The summed E-state index contributed by atoms with van der Waals surface area (Å²) in [5, 5.41) is 2.03. The number of para-hydroxylation sites is 2. The highest BCUT2D eigenvalue weighted by molar-refractivity contribution is 7.10. The Morgan fingerprint density at radius 3 is 2.79 bits per heavy atom. The first-order valence-electron chi connectivity index (χ1n) is 8.49. The Balaban J connectivity index is 1.33. The Bertz CT molecular complexity index is 816. The van der Waals surface area contributed by atoms with Crippen LogP contribution >= 0.6 is 11.3 Å². The summed E-state index contributed by atoms with van der Waals surface area (Å²) in [5.74, 6) is 0.886. The van der Waals surface area contributed by atoms with E-state index in [1.54, 1.807) is 11.3 Å². The van der Waals surface area contributed by atoms with E-state index in [2.05, 4.69) is 27.8 Å². The molecule has 3 heterocycles. The lowest BCUT2D eigenvalue weighted by atomic mass is 9.96. The van der Waals surface area contributed by atoms with Gasteiger partial charge >= 0.3 is 0 Å². The number of imidazole rings is 1. The molecule has 0 saturated carbocycles. The van der Waals surface area contributed by atoms with Gasteiger partial charge in [-0.3, -0.25) is 4.79 Å². The second-order valence-electron chi connectivity index (χ2n) is 6.47. The molecule has 1 fully saturated rings. The fourth-order valence-electron chi connectivity index (χ4n) is 3.47. The van der Waals surface area contributed by atoms with Crippen LogP contribution in [0.2, 0.25) is 0 Å². The average Bonchev–Trinajstić information content (AvgIpc) is 3.26. The summed E-state index contributed by atoms with van der Waals surface area (Å²) in [5.41, 5.74) is 2.26. The Kier molecular flexibility index (Phi) is 4.34. The van der Waals surface area contributed by atoms with E-state index < -0.39 is 0 Å². The zero-order chi connectivity index (χ0) is 16.4. The van der Waals surface area contributed by atoms with Gasteiger partial charge in [0, 0.05) is 24.5 Å². The number of nitrogens with zero attached hydrogens (tertiary/aromatic N) is 3. The van der Waals surface area contributed by atoms with Gasteiger partial charge < -0.3 is 9.47 Å². The van der Waals surface area contributed by atoms with Gasteiger partial charge in [0.25, 0.3) is 0 Å². The summed E-state index contributed by atoms with van der Waals surface area (Å²) >= 11 is 1.66. The highest BCUT2D eigenvalue weighted by Gasteiger charge is 2.23. The molecule has 1 aliphatic heterocycles. The monoisotopic (exact) mass is 339 g/mol. The SMILES string of the molecule is O=C(Cc1cccs1)N1CCC(Cn2cnc3ccccc32)CC1. The van der Waals surface area contributed by atoms with Crippen LogP contribution < -0.4 is 0 Å². The van der Waals surface area contributed by atoms with Crippen molar-refractivity contribution in [2.24, 2.45) is 5.92 Å². The van der Waals surface area contributed by atoms with Crippen molar-refractivity contribution in [3.63, 3.8) is 0 Å². The number of rotatable bonds is 4. The minimum atomic E-state index is 0.268. The van der Waals surface area contributed by atoms with Gasteiger partial charge in [-0.05, 0) is 42.3 Å². The van der Waals surface area contributed by atoms with Gasteiger partial charge in [-0.15, -0.1) is 11.3 Å². The highest BCUT2D eigenvalue weighted by Crippen LogP contribution is 2.22. The molecular weight excluding hydrogens is 318 g/mol. The molecule has 4 rings (SSSR count). The first-order valence-corrected chi connectivity index (χ1v) is 9.37. The topological polar surface area (TPSA) is 38.1 Å². The average molecular weight is 339 g/mol. The predicted octanol–water partition coefficient (Wildman–Crippen LogP) is 3.58. The van der Waals surface area contributed by atoms with Crippen LogP contribution in [0.5, 0.6) is 0 Å². The van der Waals surface area contributed by atoms with Crippen molar-refractivity contribution in [1.29, 1.82) is 0 Å². The number of hydrogen-bond acceptors (Lipinski definition) is 3. The van der Waals surface area contributed by atoms with Gasteiger partial charge in [-0.2, -0.15) is 0 Å². The standard InChI is InChI=1S/C19H21N3OS/c23-19(12-16-4-3-11-24-16)21-9-7-15(8-10-21)13-22-14-20-17-5-1-2-6-18(17)22/h1-6,11,14-15H,7-10,12-13H2. The second kappa shape index (κ2) is 6.77. The van der Waals surface area contributed by atoms with Crippen molar-refractivity contribution < 1.29 is 4.79 Å². The van der Waals surface area contributed by atoms with E-state index in [9.17, 15) is 4.79 Å². The molecule has 5 heteroatoms. The van der Waals surface area contributed by atoms with Crippen LogP contribution in [0.4, 0.5) is 0 Å². The molecule has 1 saturated heterocycles. The molecule has 4 nitrogen and oxygen atoms in total. The summed E-state index contributed by atoms with van der Waals surface area (Å²) in [6, 6.07) is 12.3. The molecule has 1 aromatic carbocycles. The highest BCUT2D eigenvalue weighted by atomic mass is 32.1. The molecule has 0 radical (unpaired) electrons. The Morgan fingerprint density at radius 2 is 2.00 bits per heavy atom. The van der Waals surface area contributed by atoms with Crippen LogP contribution in [0.3, 0.4) is 0 Å². The first kappa shape index (κ1) is 15.4. The number of hydrogen-bond donors (Lipinski definition) is 0. The van der Waals surface area contributed by atoms with E-state index in [0.717, 1.165) is 42.9 Å². The van der Waals surface area contributed by atoms with Crippen LogP contribution in [-0.4, -0.2) is 33.4 Å². The minimum Gasteiger partial charge on any atom is -0.342 e. The smallest absolute Gasteiger partial charge is 0.227 e. The Labute approximate surface area is 145 Å². The van der Waals surface area contributed by atoms with Crippen molar-refractivity contribution in [3.8, 4) is 0 Å². The Morgan fingerprint density at radius 1 is 1.17 bits per heavy atom. The zero-order valence-corrected chi connectivity index (χ0v) is 14.4. The van der Waals surface area contributed by atoms with Gasteiger partial charge in [-0.25, -0.2) is 4.98 Å². The summed E-state index contributed by atoms with van der Waals surface area (Å²) in [7, 11) is 0. The van der Waals surface area contributed by atoms with Crippen LogP contribution in [0, 0.1) is 5.92 Å². The fraction of sp³-hybridized carbons (Fsp3) is 0.368. The van der Waals surface area contributed by atoms with Crippen molar-refractivity contribution in [1.82, 2.24) is 14.5 Å². The van der Waals surface area contributed by atoms with E-state index in [1.807, 2.05) is 34.8 Å². The third-order valence-corrected chi connectivity index (χ3v) is 5.73. The van der Waals surface area contributed by atoms with Crippen LogP contribution in [0.1, 0.15) is 17.7 Å². The molecular formula is C19H21N3OS. The first-order chi connectivity index (χ1) is 11.8. The lowest BCUT2D eigenvalue weighted by Gasteiger charge is -2.32. The van der Waals surface area contributed by atoms with Gasteiger partial charge in [0.1, 0.15) is 0 Å². The van der Waals surface area contributed by atoms with Crippen molar-refractivity contribution in [2.75, 3.05) is 13.1 Å². The third-order valence-electron chi connectivity index (χ3n) is 4.86. The number of amides is 1.